The standard InChI is InChI=1S/C23H32F2N4O7/c1-13-9-15(26-18(32)35-20(2,3)4)28-27-14(13)10-22(17(31)34-8)11-23(24,25)12-29(16(22)30)19(33)36-21(5,6)7/h9H,10-12H2,1-8H3,(H,26,28,32). The first-order valence-electron chi connectivity index (χ1n) is 11.1. The zero-order valence-electron chi connectivity index (χ0n) is 21.7. The van der Waals surface area contributed by atoms with Crippen molar-refractivity contribution in [2.45, 2.75) is 78.4 Å². The Balaban J connectivity index is 2.43. The first-order chi connectivity index (χ1) is 16.3. The predicted molar refractivity (Wildman–Crippen MR) is 122 cm³/mol. The molecule has 0 aromatic carbocycles. The number of esters is 1. The Labute approximate surface area is 207 Å². The Morgan fingerprint density at radius 2 is 1.67 bits per heavy atom. The third kappa shape index (κ3) is 7.08. The second-order valence-electron chi connectivity index (χ2n) is 10.6. The fourth-order valence-corrected chi connectivity index (χ4v) is 3.60. The number of imide groups is 1. The van der Waals surface area contributed by atoms with Crippen LogP contribution < -0.4 is 5.32 Å². The molecule has 1 fully saturated rings. The van der Waals surface area contributed by atoms with Gasteiger partial charge in [0.05, 0.1) is 19.3 Å². The highest BCUT2D eigenvalue weighted by Gasteiger charge is 2.62. The van der Waals surface area contributed by atoms with Gasteiger partial charge in [-0.25, -0.2) is 23.3 Å². The van der Waals surface area contributed by atoms with Gasteiger partial charge in [0, 0.05) is 12.8 Å². The third-order valence-electron chi connectivity index (χ3n) is 4.98. The maximum atomic E-state index is 14.9. The molecule has 2 heterocycles. The molecule has 1 aliphatic rings. The topological polar surface area (TPSA) is 137 Å². The maximum Gasteiger partial charge on any atom is 0.417 e. The Morgan fingerprint density at radius 3 is 2.17 bits per heavy atom. The number of amides is 3. The molecule has 1 aromatic heterocycles. The first kappa shape index (κ1) is 28.9. The summed E-state index contributed by atoms with van der Waals surface area (Å²) in [6.45, 7) is 9.85. The van der Waals surface area contributed by atoms with Gasteiger partial charge < -0.3 is 14.2 Å². The van der Waals surface area contributed by atoms with E-state index < -0.39 is 66.0 Å². The molecule has 13 heteroatoms. The number of likely N-dealkylation sites (tertiary alicyclic amines) is 1. The Bertz CT molecular complexity index is 1050. The highest BCUT2D eigenvalue weighted by Crippen LogP contribution is 2.43. The highest BCUT2D eigenvalue weighted by molar-refractivity contribution is 6.08. The molecular formula is C23H32F2N4O7. The Hall–Kier alpha value is -3.38. The van der Waals surface area contributed by atoms with Crippen LogP contribution in [0, 0.1) is 12.3 Å². The second kappa shape index (κ2) is 9.94. The summed E-state index contributed by atoms with van der Waals surface area (Å²) in [5, 5.41) is 10.2. The monoisotopic (exact) mass is 514 g/mol. The zero-order chi connectivity index (χ0) is 27.7. The van der Waals surface area contributed by atoms with E-state index in [0.717, 1.165) is 7.11 Å². The molecule has 0 radical (unpaired) electrons. The molecule has 0 bridgehead atoms. The van der Waals surface area contributed by atoms with Crippen LogP contribution >= 0.6 is 0 Å². The number of halogens is 2. The van der Waals surface area contributed by atoms with Crippen molar-refractivity contribution in [1.29, 1.82) is 0 Å². The van der Waals surface area contributed by atoms with Crippen molar-refractivity contribution in [1.82, 2.24) is 15.1 Å². The van der Waals surface area contributed by atoms with Gasteiger partial charge in [0.2, 0.25) is 5.91 Å². The zero-order valence-corrected chi connectivity index (χ0v) is 21.7. The quantitative estimate of drug-likeness (QED) is 0.363. The van der Waals surface area contributed by atoms with E-state index in [9.17, 15) is 28.0 Å². The minimum absolute atomic E-state index is 0.00769. The molecule has 200 valence electrons. The van der Waals surface area contributed by atoms with E-state index in [0.29, 0.717) is 5.56 Å². The van der Waals surface area contributed by atoms with E-state index in [1.54, 1.807) is 20.8 Å². The summed E-state index contributed by atoms with van der Waals surface area (Å²) in [5.74, 6) is -6.05. The minimum Gasteiger partial charge on any atom is -0.468 e. The van der Waals surface area contributed by atoms with E-state index in [1.807, 2.05) is 0 Å². The number of rotatable bonds is 4. The van der Waals surface area contributed by atoms with Crippen molar-refractivity contribution in [2.75, 3.05) is 19.0 Å². The van der Waals surface area contributed by atoms with E-state index in [1.165, 1.54) is 33.8 Å². The maximum absolute atomic E-state index is 14.9. The second-order valence-corrected chi connectivity index (χ2v) is 10.6. The summed E-state index contributed by atoms with van der Waals surface area (Å²) in [6, 6.07) is 1.38. The van der Waals surface area contributed by atoms with Crippen LogP contribution in [0.3, 0.4) is 0 Å². The molecular weight excluding hydrogens is 482 g/mol. The third-order valence-corrected chi connectivity index (χ3v) is 4.98. The van der Waals surface area contributed by atoms with Crippen LogP contribution in [0.25, 0.3) is 0 Å². The average molecular weight is 515 g/mol. The summed E-state index contributed by atoms with van der Waals surface area (Å²) < 4.78 is 44.7. The van der Waals surface area contributed by atoms with Gasteiger partial charge in [-0.2, -0.15) is 5.10 Å². The number of ether oxygens (including phenoxy) is 3. The molecule has 1 N–H and O–H groups in total. The Kier molecular flexibility index (Phi) is 7.96. The summed E-state index contributed by atoms with van der Waals surface area (Å²) >= 11 is 0. The number of nitrogens with zero attached hydrogens (tertiary/aromatic N) is 3. The van der Waals surface area contributed by atoms with Crippen molar-refractivity contribution in [3.8, 4) is 0 Å². The van der Waals surface area contributed by atoms with Crippen LogP contribution in [0.15, 0.2) is 6.07 Å². The molecule has 0 aliphatic carbocycles. The van der Waals surface area contributed by atoms with Gasteiger partial charge in [0.25, 0.3) is 5.92 Å². The molecule has 2 rings (SSSR count). The molecule has 0 spiro atoms. The van der Waals surface area contributed by atoms with Crippen molar-refractivity contribution in [2.24, 2.45) is 5.41 Å². The number of hydrogen-bond acceptors (Lipinski definition) is 9. The lowest BCUT2D eigenvalue weighted by Gasteiger charge is -2.42. The number of aromatic nitrogens is 2. The van der Waals surface area contributed by atoms with E-state index in [-0.39, 0.29) is 16.4 Å². The number of alkyl halides is 2. The van der Waals surface area contributed by atoms with Crippen molar-refractivity contribution in [3.63, 3.8) is 0 Å². The smallest absolute Gasteiger partial charge is 0.417 e. The van der Waals surface area contributed by atoms with Gasteiger partial charge in [0.1, 0.15) is 11.2 Å². The Morgan fingerprint density at radius 1 is 1.08 bits per heavy atom. The van der Waals surface area contributed by atoms with Crippen LogP contribution in [-0.2, 0) is 30.2 Å². The highest BCUT2D eigenvalue weighted by atomic mass is 19.3. The molecule has 11 nitrogen and oxygen atoms in total. The number of aryl methyl sites for hydroxylation is 1. The summed E-state index contributed by atoms with van der Waals surface area (Å²) in [7, 11) is 0.953. The van der Waals surface area contributed by atoms with Crippen LogP contribution in [0.4, 0.5) is 24.2 Å². The number of methoxy groups -OCH3 is 1. The number of nitrogens with one attached hydrogen (secondary N) is 1. The number of carbonyl (C=O) groups is 4. The number of hydrogen-bond donors (Lipinski definition) is 1. The van der Waals surface area contributed by atoms with Gasteiger partial charge in [-0.3, -0.25) is 14.9 Å². The normalized spacial score (nSPS) is 19.9. The predicted octanol–water partition coefficient (Wildman–Crippen LogP) is 3.64. The summed E-state index contributed by atoms with van der Waals surface area (Å²) in [5.41, 5.74) is -3.94. The number of piperidine rings is 1. The first-order valence-corrected chi connectivity index (χ1v) is 11.1. The van der Waals surface area contributed by atoms with E-state index in [4.69, 9.17) is 14.2 Å². The largest absolute Gasteiger partial charge is 0.468 e. The fourth-order valence-electron chi connectivity index (χ4n) is 3.60. The van der Waals surface area contributed by atoms with Crippen molar-refractivity contribution >= 4 is 29.9 Å². The molecule has 0 saturated carbocycles. The van der Waals surface area contributed by atoms with Gasteiger partial charge in [-0.1, -0.05) is 0 Å². The number of anilines is 1. The molecule has 3 amide bonds. The van der Waals surface area contributed by atoms with Gasteiger partial charge in [-0.05, 0) is 60.1 Å². The van der Waals surface area contributed by atoms with Crippen LogP contribution in [-0.4, -0.2) is 69.9 Å². The lowest BCUT2D eigenvalue weighted by atomic mass is 9.73. The van der Waals surface area contributed by atoms with Crippen molar-refractivity contribution in [3.05, 3.63) is 17.3 Å². The molecule has 1 atom stereocenters. The van der Waals surface area contributed by atoms with E-state index in [2.05, 4.69) is 15.5 Å². The van der Waals surface area contributed by atoms with Gasteiger partial charge in [0.15, 0.2) is 11.2 Å². The van der Waals surface area contributed by atoms with E-state index >= 15 is 0 Å². The summed E-state index contributed by atoms with van der Waals surface area (Å²) in [6.07, 6.45) is -3.92. The van der Waals surface area contributed by atoms with Crippen LogP contribution in [0.2, 0.25) is 0 Å². The lowest BCUT2D eigenvalue weighted by Crippen LogP contribution is -2.62. The van der Waals surface area contributed by atoms with Gasteiger partial charge in [-0.15, -0.1) is 5.10 Å². The van der Waals surface area contributed by atoms with Crippen molar-refractivity contribution < 1.29 is 42.2 Å². The SMILES string of the molecule is COC(=O)C1(Cc2nnc(NC(=O)OC(C)(C)C)cc2C)CC(F)(F)CN(C(=O)OC(C)(C)C)C1=O. The van der Waals surface area contributed by atoms with Crippen LogP contribution in [0.1, 0.15) is 59.2 Å². The average Bonchev–Trinajstić information content (AvgIpc) is 2.68. The molecule has 1 saturated heterocycles. The molecule has 1 aromatic rings. The van der Waals surface area contributed by atoms with Gasteiger partial charge >= 0.3 is 18.2 Å². The molecule has 1 aliphatic heterocycles. The van der Waals surface area contributed by atoms with Crippen LogP contribution in [0.5, 0.6) is 0 Å². The lowest BCUT2D eigenvalue weighted by molar-refractivity contribution is -0.182. The number of carbonyl (C=O) groups excluding carboxylic acids is 4. The minimum atomic E-state index is -3.61. The molecule has 1 unspecified atom stereocenters. The molecule has 36 heavy (non-hydrogen) atoms. The fraction of sp³-hybridized carbons (Fsp3) is 0.652. The summed E-state index contributed by atoms with van der Waals surface area (Å²) in [4.78, 5) is 51.0.